The SMILES string of the molecule is Cc1cc(N2CCC([C@@]3(Cc4ccc(F)cc4)NC(=O)NC3=O)CC2)nc(N)n1. The summed E-state index contributed by atoms with van der Waals surface area (Å²) in [7, 11) is 0. The van der Waals surface area contributed by atoms with Crippen molar-refractivity contribution in [2.24, 2.45) is 5.92 Å². The molecule has 8 nitrogen and oxygen atoms in total. The fourth-order valence-electron chi connectivity index (χ4n) is 4.32. The van der Waals surface area contributed by atoms with Gasteiger partial charge in [0.2, 0.25) is 5.95 Å². The number of imide groups is 1. The quantitative estimate of drug-likeness (QED) is 0.674. The van der Waals surface area contributed by atoms with Crippen molar-refractivity contribution in [2.45, 2.75) is 31.7 Å². The fraction of sp³-hybridized carbons (Fsp3) is 0.400. The predicted molar refractivity (Wildman–Crippen MR) is 106 cm³/mol. The maximum atomic E-state index is 13.3. The highest BCUT2D eigenvalue weighted by atomic mass is 19.1. The molecule has 0 unspecified atom stereocenters. The van der Waals surface area contributed by atoms with Gasteiger partial charge in [-0.1, -0.05) is 12.1 Å². The molecule has 2 aliphatic rings. The molecule has 9 heteroatoms. The summed E-state index contributed by atoms with van der Waals surface area (Å²) >= 11 is 0. The normalized spacial score (nSPS) is 22.5. The molecule has 2 fully saturated rings. The van der Waals surface area contributed by atoms with E-state index in [2.05, 4.69) is 25.5 Å². The summed E-state index contributed by atoms with van der Waals surface area (Å²) < 4.78 is 13.3. The van der Waals surface area contributed by atoms with Crippen LogP contribution in [0.3, 0.4) is 0 Å². The van der Waals surface area contributed by atoms with Crippen molar-refractivity contribution in [3.05, 3.63) is 47.4 Å². The minimum atomic E-state index is -1.04. The number of hydrogen-bond acceptors (Lipinski definition) is 6. The van der Waals surface area contributed by atoms with Crippen LogP contribution in [0, 0.1) is 18.7 Å². The number of amides is 3. The number of nitrogens with two attached hydrogens (primary N) is 1. The number of benzene rings is 1. The Balaban J connectivity index is 1.54. The van der Waals surface area contributed by atoms with Crippen LogP contribution >= 0.6 is 0 Å². The zero-order valence-corrected chi connectivity index (χ0v) is 16.1. The second-order valence-corrected chi connectivity index (χ2v) is 7.67. The van der Waals surface area contributed by atoms with Crippen LogP contribution in [0.15, 0.2) is 30.3 Å². The topological polar surface area (TPSA) is 113 Å². The smallest absolute Gasteiger partial charge is 0.322 e. The number of carbonyl (C=O) groups excluding carboxylic acids is 2. The van der Waals surface area contributed by atoms with Crippen LogP contribution < -0.4 is 21.3 Å². The highest BCUT2D eigenvalue weighted by Crippen LogP contribution is 2.35. The molecule has 3 amide bonds. The lowest BCUT2D eigenvalue weighted by molar-refractivity contribution is -0.126. The van der Waals surface area contributed by atoms with E-state index in [1.165, 1.54) is 12.1 Å². The Kier molecular flexibility index (Phi) is 4.81. The van der Waals surface area contributed by atoms with Crippen molar-refractivity contribution in [1.82, 2.24) is 20.6 Å². The van der Waals surface area contributed by atoms with Gasteiger partial charge in [0.25, 0.3) is 5.91 Å². The number of carbonyl (C=O) groups is 2. The number of piperidine rings is 1. The first-order valence-electron chi connectivity index (χ1n) is 9.60. The van der Waals surface area contributed by atoms with Crippen LogP contribution in [0.5, 0.6) is 0 Å². The van der Waals surface area contributed by atoms with E-state index in [9.17, 15) is 14.0 Å². The van der Waals surface area contributed by atoms with Crippen LogP contribution in [-0.4, -0.2) is 40.5 Å². The molecule has 2 aromatic rings. The zero-order valence-electron chi connectivity index (χ0n) is 16.1. The minimum absolute atomic E-state index is 0.0597. The van der Waals surface area contributed by atoms with E-state index in [0.29, 0.717) is 32.4 Å². The van der Waals surface area contributed by atoms with Crippen molar-refractivity contribution < 1.29 is 14.0 Å². The number of urea groups is 1. The van der Waals surface area contributed by atoms with Gasteiger partial charge in [-0.2, -0.15) is 4.98 Å². The number of aryl methyl sites for hydroxylation is 1. The van der Waals surface area contributed by atoms with Gasteiger partial charge in [0.15, 0.2) is 0 Å². The molecule has 2 saturated heterocycles. The van der Waals surface area contributed by atoms with E-state index >= 15 is 0 Å². The van der Waals surface area contributed by atoms with E-state index in [0.717, 1.165) is 17.1 Å². The highest BCUT2D eigenvalue weighted by Gasteiger charge is 2.52. The summed E-state index contributed by atoms with van der Waals surface area (Å²) in [4.78, 5) is 35.3. The fourth-order valence-corrected chi connectivity index (χ4v) is 4.32. The molecule has 0 spiro atoms. The minimum Gasteiger partial charge on any atom is -0.368 e. The molecule has 29 heavy (non-hydrogen) atoms. The second kappa shape index (κ2) is 7.31. The van der Waals surface area contributed by atoms with Gasteiger partial charge in [-0.3, -0.25) is 10.1 Å². The van der Waals surface area contributed by atoms with Crippen molar-refractivity contribution in [3.63, 3.8) is 0 Å². The van der Waals surface area contributed by atoms with Crippen molar-refractivity contribution >= 4 is 23.7 Å². The van der Waals surface area contributed by atoms with E-state index in [-0.39, 0.29) is 23.6 Å². The van der Waals surface area contributed by atoms with Gasteiger partial charge < -0.3 is 16.0 Å². The van der Waals surface area contributed by atoms with Gasteiger partial charge in [0.1, 0.15) is 17.2 Å². The third kappa shape index (κ3) is 3.72. The maximum absolute atomic E-state index is 13.3. The molecule has 0 bridgehead atoms. The lowest BCUT2D eigenvalue weighted by Gasteiger charge is -2.41. The van der Waals surface area contributed by atoms with E-state index in [4.69, 9.17) is 5.73 Å². The maximum Gasteiger partial charge on any atom is 0.322 e. The van der Waals surface area contributed by atoms with Crippen LogP contribution in [0.25, 0.3) is 0 Å². The van der Waals surface area contributed by atoms with Crippen LogP contribution in [0.1, 0.15) is 24.1 Å². The second-order valence-electron chi connectivity index (χ2n) is 7.67. The van der Waals surface area contributed by atoms with E-state index < -0.39 is 11.6 Å². The molecule has 0 radical (unpaired) electrons. The molecular formula is C20H23FN6O2. The lowest BCUT2D eigenvalue weighted by atomic mass is 9.74. The summed E-state index contributed by atoms with van der Waals surface area (Å²) in [5.74, 6) is 0.275. The number of halogens is 1. The molecular weight excluding hydrogens is 375 g/mol. The van der Waals surface area contributed by atoms with Gasteiger partial charge in [0, 0.05) is 31.3 Å². The third-order valence-electron chi connectivity index (χ3n) is 5.74. The molecule has 4 rings (SSSR count). The molecule has 0 saturated carbocycles. The first kappa shape index (κ1) is 19.1. The van der Waals surface area contributed by atoms with Crippen LogP contribution in [0.2, 0.25) is 0 Å². The number of aromatic nitrogens is 2. The van der Waals surface area contributed by atoms with Gasteiger partial charge in [-0.15, -0.1) is 0 Å². The van der Waals surface area contributed by atoms with Crippen molar-refractivity contribution in [2.75, 3.05) is 23.7 Å². The monoisotopic (exact) mass is 398 g/mol. The third-order valence-corrected chi connectivity index (χ3v) is 5.74. The standard InChI is InChI=1S/C20H23FN6O2/c1-12-10-16(24-18(22)23-12)27-8-6-14(7-9-27)20(17(28)25-19(29)26-20)11-13-2-4-15(21)5-3-13/h2-5,10,14H,6-9,11H2,1H3,(H2,22,23,24)(H2,25,26,28,29)/t20-/m1/s1. The number of hydrogen-bond donors (Lipinski definition) is 3. The van der Waals surface area contributed by atoms with E-state index in [1.54, 1.807) is 12.1 Å². The predicted octanol–water partition coefficient (Wildman–Crippen LogP) is 1.54. The average molecular weight is 398 g/mol. The summed E-state index contributed by atoms with van der Waals surface area (Å²) in [5.41, 5.74) is 6.32. The first-order valence-corrected chi connectivity index (χ1v) is 9.60. The number of anilines is 2. The van der Waals surface area contributed by atoms with Crippen LogP contribution in [-0.2, 0) is 11.2 Å². The first-order chi connectivity index (χ1) is 13.9. The molecule has 0 aliphatic carbocycles. The summed E-state index contributed by atoms with van der Waals surface area (Å²) in [6.45, 7) is 3.22. The Hall–Kier alpha value is -3.23. The van der Waals surface area contributed by atoms with Crippen LogP contribution in [0.4, 0.5) is 21.0 Å². The van der Waals surface area contributed by atoms with Gasteiger partial charge >= 0.3 is 6.03 Å². The Bertz CT molecular complexity index is 922. The Labute approximate surface area is 167 Å². The highest BCUT2D eigenvalue weighted by molar-refractivity contribution is 6.07. The zero-order chi connectivity index (χ0) is 20.6. The molecule has 152 valence electrons. The number of nitrogens with one attached hydrogen (secondary N) is 2. The molecule has 1 aromatic heterocycles. The summed E-state index contributed by atoms with van der Waals surface area (Å²) in [6, 6.07) is 7.42. The van der Waals surface area contributed by atoms with Gasteiger partial charge in [-0.05, 0) is 43.4 Å². The lowest BCUT2D eigenvalue weighted by Crippen LogP contribution is -2.57. The summed E-state index contributed by atoms with van der Waals surface area (Å²) in [5, 5.41) is 5.25. The molecule has 1 atom stereocenters. The van der Waals surface area contributed by atoms with Gasteiger partial charge in [-0.25, -0.2) is 14.2 Å². The Morgan fingerprint density at radius 3 is 2.48 bits per heavy atom. The molecule has 3 heterocycles. The largest absolute Gasteiger partial charge is 0.368 e. The number of rotatable bonds is 4. The molecule has 2 aliphatic heterocycles. The average Bonchev–Trinajstić information content (AvgIpc) is 2.97. The summed E-state index contributed by atoms with van der Waals surface area (Å²) in [6.07, 6.45) is 1.70. The molecule has 4 N–H and O–H groups in total. The number of nitrogens with zero attached hydrogens (tertiary/aromatic N) is 3. The Morgan fingerprint density at radius 2 is 1.90 bits per heavy atom. The van der Waals surface area contributed by atoms with E-state index in [1.807, 2.05) is 13.0 Å². The molecule has 1 aromatic carbocycles. The number of nitrogen functional groups attached to an aromatic ring is 1. The Morgan fingerprint density at radius 1 is 1.21 bits per heavy atom. The van der Waals surface area contributed by atoms with Crippen molar-refractivity contribution in [3.8, 4) is 0 Å². The van der Waals surface area contributed by atoms with Crippen molar-refractivity contribution in [1.29, 1.82) is 0 Å². The van der Waals surface area contributed by atoms with Gasteiger partial charge in [0.05, 0.1) is 0 Å².